The van der Waals surface area contributed by atoms with Gasteiger partial charge in [0, 0.05) is 18.3 Å². The van der Waals surface area contributed by atoms with Crippen molar-refractivity contribution in [2.75, 3.05) is 6.61 Å². The first-order chi connectivity index (χ1) is 10.6. The highest BCUT2D eigenvalue weighted by molar-refractivity contribution is 5.82. The maximum atomic E-state index is 12.1. The molecule has 0 radical (unpaired) electrons. The Balaban J connectivity index is 1.91. The molecule has 0 aliphatic carbocycles. The van der Waals surface area contributed by atoms with Gasteiger partial charge < -0.3 is 4.74 Å². The number of carbonyl (C=O) groups is 2. The van der Waals surface area contributed by atoms with E-state index in [1.807, 2.05) is 25.1 Å². The minimum Gasteiger partial charge on any atom is -0.465 e. The maximum Gasteiger partial charge on any atom is 0.309 e. The zero-order valence-electron chi connectivity index (χ0n) is 13.2. The SMILES string of the molecule is C=CCC(C)C(=O)CCC1C(=O)OCC1Cc1ccccc1. The van der Waals surface area contributed by atoms with Gasteiger partial charge in [-0.05, 0) is 24.8 Å². The molecule has 0 aromatic heterocycles. The van der Waals surface area contributed by atoms with Crippen LogP contribution in [0.2, 0.25) is 0 Å². The fraction of sp³-hybridized carbons (Fsp3) is 0.474. The summed E-state index contributed by atoms with van der Waals surface area (Å²) in [5, 5.41) is 0. The van der Waals surface area contributed by atoms with Crippen molar-refractivity contribution in [1.82, 2.24) is 0 Å². The number of rotatable bonds is 8. The summed E-state index contributed by atoms with van der Waals surface area (Å²) < 4.78 is 5.22. The topological polar surface area (TPSA) is 43.4 Å². The van der Waals surface area contributed by atoms with E-state index in [1.165, 1.54) is 5.56 Å². The van der Waals surface area contributed by atoms with Crippen LogP contribution in [0.4, 0.5) is 0 Å². The molecule has 0 spiro atoms. The summed E-state index contributed by atoms with van der Waals surface area (Å²) in [6, 6.07) is 10.1. The van der Waals surface area contributed by atoms with E-state index in [4.69, 9.17) is 4.74 Å². The Bertz CT molecular complexity index is 521. The van der Waals surface area contributed by atoms with E-state index in [0.717, 1.165) is 6.42 Å². The lowest BCUT2D eigenvalue weighted by Gasteiger charge is -2.16. The number of Topliss-reactive ketones (excluding diaryl/α,β-unsaturated/α-hetero) is 1. The third-order valence-corrected chi connectivity index (χ3v) is 4.42. The number of esters is 1. The number of ketones is 1. The van der Waals surface area contributed by atoms with E-state index in [0.29, 0.717) is 25.9 Å². The van der Waals surface area contributed by atoms with Crippen molar-refractivity contribution in [2.45, 2.75) is 32.6 Å². The van der Waals surface area contributed by atoms with E-state index < -0.39 is 0 Å². The van der Waals surface area contributed by atoms with Crippen molar-refractivity contribution in [3.63, 3.8) is 0 Å². The molecule has 1 aliphatic heterocycles. The first-order valence-electron chi connectivity index (χ1n) is 7.96. The Morgan fingerprint density at radius 2 is 2.14 bits per heavy atom. The highest BCUT2D eigenvalue weighted by Crippen LogP contribution is 2.30. The minimum atomic E-state index is -0.153. The zero-order valence-corrected chi connectivity index (χ0v) is 13.2. The molecule has 0 bridgehead atoms. The summed E-state index contributed by atoms with van der Waals surface area (Å²) in [7, 11) is 0. The standard InChI is InChI=1S/C19H24O3/c1-3-7-14(2)18(20)11-10-17-16(13-22-19(17)21)12-15-8-5-4-6-9-15/h3-6,8-9,14,16-17H,1,7,10-13H2,2H3. The minimum absolute atomic E-state index is 0.0116. The molecule has 1 aromatic carbocycles. The Morgan fingerprint density at radius 3 is 2.82 bits per heavy atom. The Hall–Kier alpha value is -1.90. The molecule has 1 aromatic rings. The van der Waals surface area contributed by atoms with Crippen molar-refractivity contribution in [2.24, 2.45) is 17.8 Å². The Kier molecular flexibility index (Phi) is 5.93. The molecule has 1 fully saturated rings. The molecule has 0 amide bonds. The van der Waals surface area contributed by atoms with Gasteiger partial charge in [0.1, 0.15) is 5.78 Å². The first-order valence-corrected chi connectivity index (χ1v) is 7.96. The summed E-state index contributed by atoms with van der Waals surface area (Å²) in [6.45, 7) is 6.05. The van der Waals surface area contributed by atoms with E-state index >= 15 is 0 Å². The van der Waals surface area contributed by atoms with Crippen LogP contribution in [0.1, 0.15) is 31.7 Å². The average molecular weight is 300 g/mol. The van der Waals surface area contributed by atoms with Gasteiger partial charge in [-0.2, -0.15) is 0 Å². The average Bonchev–Trinajstić information content (AvgIpc) is 2.86. The third-order valence-electron chi connectivity index (χ3n) is 4.42. The highest BCUT2D eigenvalue weighted by atomic mass is 16.5. The third kappa shape index (κ3) is 4.30. The van der Waals surface area contributed by atoms with Gasteiger partial charge in [-0.1, -0.05) is 43.3 Å². The van der Waals surface area contributed by atoms with Crippen molar-refractivity contribution < 1.29 is 14.3 Å². The number of cyclic esters (lactones) is 1. The molecule has 1 heterocycles. The molecule has 0 saturated carbocycles. The number of ether oxygens (including phenoxy) is 1. The van der Waals surface area contributed by atoms with Gasteiger partial charge in [-0.3, -0.25) is 9.59 Å². The Morgan fingerprint density at radius 1 is 1.41 bits per heavy atom. The van der Waals surface area contributed by atoms with Gasteiger partial charge in [-0.25, -0.2) is 0 Å². The molecular formula is C19H24O3. The lowest BCUT2D eigenvalue weighted by molar-refractivity contribution is -0.141. The van der Waals surface area contributed by atoms with Crippen LogP contribution >= 0.6 is 0 Å². The highest BCUT2D eigenvalue weighted by Gasteiger charge is 2.36. The molecule has 22 heavy (non-hydrogen) atoms. The molecular weight excluding hydrogens is 276 g/mol. The van der Waals surface area contributed by atoms with Gasteiger partial charge in [0.2, 0.25) is 0 Å². The number of benzene rings is 1. The van der Waals surface area contributed by atoms with Crippen LogP contribution in [0.15, 0.2) is 43.0 Å². The van der Waals surface area contributed by atoms with E-state index in [1.54, 1.807) is 6.08 Å². The van der Waals surface area contributed by atoms with Crippen molar-refractivity contribution >= 4 is 11.8 Å². The van der Waals surface area contributed by atoms with Crippen LogP contribution in [-0.2, 0) is 20.7 Å². The number of carbonyl (C=O) groups excluding carboxylic acids is 2. The van der Waals surface area contributed by atoms with E-state index in [2.05, 4.69) is 18.7 Å². The van der Waals surface area contributed by atoms with Crippen LogP contribution in [0, 0.1) is 17.8 Å². The van der Waals surface area contributed by atoms with Crippen LogP contribution in [0.5, 0.6) is 0 Å². The molecule has 3 heteroatoms. The summed E-state index contributed by atoms with van der Waals surface area (Å²) in [6.07, 6.45) is 4.33. The molecule has 118 valence electrons. The molecule has 0 N–H and O–H groups in total. The summed E-state index contributed by atoms with van der Waals surface area (Å²) in [4.78, 5) is 24.0. The van der Waals surface area contributed by atoms with E-state index in [9.17, 15) is 9.59 Å². The van der Waals surface area contributed by atoms with E-state index in [-0.39, 0.29) is 29.5 Å². The van der Waals surface area contributed by atoms with Gasteiger partial charge in [0.05, 0.1) is 12.5 Å². The molecule has 2 rings (SSSR count). The fourth-order valence-electron chi connectivity index (χ4n) is 3.00. The van der Waals surface area contributed by atoms with Crippen LogP contribution in [-0.4, -0.2) is 18.4 Å². The normalized spacial score (nSPS) is 22.1. The molecule has 3 unspecified atom stereocenters. The summed E-state index contributed by atoms with van der Waals surface area (Å²) in [5.74, 6) is 0.0724. The number of allylic oxidation sites excluding steroid dienone is 1. The second kappa shape index (κ2) is 7.92. The molecule has 3 atom stereocenters. The quantitative estimate of drug-likeness (QED) is 0.544. The second-order valence-corrected chi connectivity index (χ2v) is 6.12. The predicted octanol–water partition coefficient (Wildman–Crippen LogP) is 3.58. The second-order valence-electron chi connectivity index (χ2n) is 6.12. The fourth-order valence-corrected chi connectivity index (χ4v) is 3.00. The van der Waals surface area contributed by atoms with Crippen molar-refractivity contribution in [3.8, 4) is 0 Å². The summed E-state index contributed by atoms with van der Waals surface area (Å²) >= 11 is 0. The van der Waals surface area contributed by atoms with Crippen LogP contribution in [0.25, 0.3) is 0 Å². The zero-order chi connectivity index (χ0) is 15.9. The van der Waals surface area contributed by atoms with Gasteiger partial charge in [0.15, 0.2) is 0 Å². The molecule has 1 aliphatic rings. The smallest absolute Gasteiger partial charge is 0.309 e. The number of hydrogen-bond acceptors (Lipinski definition) is 3. The maximum absolute atomic E-state index is 12.1. The lowest BCUT2D eigenvalue weighted by Crippen LogP contribution is -2.20. The Labute approximate surface area is 132 Å². The van der Waals surface area contributed by atoms with Crippen molar-refractivity contribution in [1.29, 1.82) is 0 Å². The summed E-state index contributed by atoms with van der Waals surface area (Å²) in [5.41, 5.74) is 1.21. The largest absolute Gasteiger partial charge is 0.465 e. The molecule has 3 nitrogen and oxygen atoms in total. The lowest BCUT2D eigenvalue weighted by atomic mass is 9.84. The number of hydrogen-bond donors (Lipinski definition) is 0. The monoisotopic (exact) mass is 300 g/mol. The van der Waals surface area contributed by atoms with Crippen LogP contribution in [0.3, 0.4) is 0 Å². The first kappa shape index (κ1) is 16.5. The van der Waals surface area contributed by atoms with Gasteiger partial charge in [0.25, 0.3) is 0 Å². The van der Waals surface area contributed by atoms with Crippen molar-refractivity contribution in [3.05, 3.63) is 48.6 Å². The van der Waals surface area contributed by atoms with Crippen LogP contribution < -0.4 is 0 Å². The van der Waals surface area contributed by atoms with Gasteiger partial charge in [-0.15, -0.1) is 6.58 Å². The van der Waals surface area contributed by atoms with Gasteiger partial charge >= 0.3 is 5.97 Å². The predicted molar refractivity (Wildman–Crippen MR) is 86.3 cm³/mol. The molecule has 1 saturated heterocycles.